The number of halogens is 2. The maximum absolute atomic E-state index is 13.1. The second-order valence-electron chi connectivity index (χ2n) is 4.91. The summed E-state index contributed by atoms with van der Waals surface area (Å²) in [4.78, 5) is 11.6. The standard InChI is InChI=1S/C13H16F2O5S/c1-9(2)10-3-5-11(6-4-10)12(16)20-7-13(14,15)8-21(17,18)19/h3-6,9H,7-8H2,1-2H3,(H,17,18,19)/p-1. The molecular weight excluding hydrogens is 306 g/mol. The van der Waals surface area contributed by atoms with Gasteiger partial charge in [-0.3, -0.25) is 0 Å². The van der Waals surface area contributed by atoms with Crippen LogP contribution in [0.4, 0.5) is 8.78 Å². The zero-order valence-corrected chi connectivity index (χ0v) is 12.3. The lowest BCUT2D eigenvalue weighted by Gasteiger charge is -2.18. The van der Waals surface area contributed by atoms with Crippen molar-refractivity contribution in [3.8, 4) is 0 Å². The van der Waals surface area contributed by atoms with E-state index in [9.17, 15) is 26.5 Å². The number of hydrogen-bond acceptors (Lipinski definition) is 5. The summed E-state index contributed by atoms with van der Waals surface area (Å²) in [5.41, 5.74) is 1.04. The van der Waals surface area contributed by atoms with Gasteiger partial charge in [0.15, 0.2) is 6.61 Å². The summed E-state index contributed by atoms with van der Waals surface area (Å²) in [5, 5.41) is 0. The van der Waals surface area contributed by atoms with Crippen molar-refractivity contribution in [3.05, 3.63) is 35.4 Å². The minimum atomic E-state index is -5.10. The summed E-state index contributed by atoms with van der Waals surface area (Å²) in [6.07, 6.45) is 0. The van der Waals surface area contributed by atoms with Gasteiger partial charge in [-0.05, 0) is 23.6 Å². The van der Waals surface area contributed by atoms with Gasteiger partial charge in [-0.15, -0.1) is 0 Å². The highest BCUT2D eigenvalue weighted by molar-refractivity contribution is 7.85. The predicted molar refractivity (Wildman–Crippen MR) is 70.3 cm³/mol. The number of esters is 1. The predicted octanol–water partition coefficient (Wildman–Crippen LogP) is 2.15. The molecule has 1 aromatic carbocycles. The third-order valence-electron chi connectivity index (χ3n) is 2.62. The number of benzene rings is 1. The molecular formula is C13H15F2O5S-. The fraction of sp³-hybridized carbons (Fsp3) is 0.462. The quantitative estimate of drug-likeness (QED) is 0.592. The van der Waals surface area contributed by atoms with E-state index in [-0.39, 0.29) is 11.5 Å². The van der Waals surface area contributed by atoms with E-state index in [2.05, 4.69) is 4.74 Å². The van der Waals surface area contributed by atoms with E-state index in [0.717, 1.165) is 5.56 Å². The Hall–Kier alpha value is -1.54. The Bertz CT molecular complexity index is 593. The molecule has 0 aliphatic rings. The molecule has 8 heteroatoms. The largest absolute Gasteiger partial charge is 0.748 e. The van der Waals surface area contributed by atoms with E-state index in [1.807, 2.05) is 13.8 Å². The summed E-state index contributed by atoms with van der Waals surface area (Å²) >= 11 is 0. The van der Waals surface area contributed by atoms with Crippen LogP contribution in [0.3, 0.4) is 0 Å². The van der Waals surface area contributed by atoms with Crippen LogP contribution in [0.15, 0.2) is 24.3 Å². The van der Waals surface area contributed by atoms with Gasteiger partial charge in [0.05, 0.1) is 5.56 Å². The maximum Gasteiger partial charge on any atom is 0.338 e. The third-order valence-corrected chi connectivity index (χ3v) is 3.39. The molecule has 0 aliphatic heterocycles. The van der Waals surface area contributed by atoms with Crippen LogP contribution in [-0.4, -0.2) is 37.2 Å². The molecule has 0 N–H and O–H groups in total. The van der Waals surface area contributed by atoms with Gasteiger partial charge in [-0.1, -0.05) is 26.0 Å². The van der Waals surface area contributed by atoms with Crippen molar-refractivity contribution in [1.82, 2.24) is 0 Å². The summed E-state index contributed by atoms with van der Waals surface area (Å²) in [6, 6.07) is 6.20. The lowest BCUT2D eigenvalue weighted by Crippen LogP contribution is -2.33. The molecule has 0 fully saturated rings. The highest BCUT2D eigenvalue weighted by atomic mass is 32.2. The average Bonchev–Trinajstić information content (AvgIpc) is 2.33. The SMILES string of the molecule is CC(C)c1ccc(C(=O)OCC(F)(F)CS(=O)(=O)[O-])cc1. The van der Waals surface area contributed by atoms with Crippen molar-refractivity contribution >= 4 is 16.1 Å². The molecule has 0 bridgehead atoms. The summed E-state index contributed by atoms with van der Waals surface area (Å²) < 4.78 is 61.4. The van der Waals surface area contributed by atoms with E-state index in [1.54, 1.807) is 12.1 Å². The van der Waals surface area contributed by atoms with Crippen LogP contribution < -0.4 is 0 Å². The van der Waals surface area contributed by atoms with Crippen molar-refractivity contribution in [2.75, 3.05) is 12.4 Å². The molecule has 118 valence electrons. The smallest absolute Gasteiger partial charge is 0.338 e. The highest BCUT2D eigenvalue weighted by Gasteiger charge is 2.34. The zero-order chi connectivity index (χ0) is 16.3. The molecule has 0 aliphatic carbocycles. The second kappa shape index (κ2) is 6.48. The van der Waals surface area contributed by atoms with Crippen molar-refractivity contribution in [3.63, 3.8) is 0 Å². The minimum absolute atomic E-state index is 0.0696. The monoisotopic (exact) mass is 321 g/mol. The topological polar surface area (TPSA) is 83.5 Å². The summed E-state index contributed by atoms with van der Waals surface area (Å²) in [7, 11) is -5.10. The van der Waals surface area contributed by atoms with Gasteiger partial charge in [-0.25, -0.2) is 22.0 Å². The van der Waals surface area contributed by atoms with Crippen molar-refractivity contribution in [2.24, 2.45) is 0 Å². The van der Waals surface area contributed by atoms with Gasteiger partial charge in [0.2, 0.25) is 0 Å². The van der Waals surface area contributed by atoms with Gasteiger partial charge in [0, 0.05) is 0 Å². The molecule has 1 aromatic rings. The lowest BCUT2D eigenvalue weighted by molar-refractivity contribution is -0.0450. The normalized spacial score (nSPS) is 12.5. The van der Waals surface area contributed by atoms with E-state index in [4.69, 9.17) is 0 Å². The van der Waals surface area contributed by atoms with Crippen LogP contribution in [0.2, 0.25) is 0 Å². The number of alkyl halides is 2. The van der Waals surface area contributed by atoms with Gasteiger partial charge in [0.1, 0.15) is 15.9 Å². The Labute approximate surface area is 121 Å². The molecule has 0 aromatic heterocycles. The second-order valence-corrected chi connectivity index (χ2v) is 6.31. The molecule has 0 unspecified atom stereocenters. The maximum atomic E-state index is 13.1. The van der Waals surface area contributed by atoms with E-state index < -0.39 is 34.4 Å². The Morgan fingerprint density at radius 1 is 1.29 bits per heavy atom. The Morgan fingerprint density at radius 3 is 2.24 bits per heavy atom. The molecule has 1 rings (SSSR count). The number of rotatable bonds is 6. The molecule has 0 spiro atoms. The first-order valence-corrected chi connectivity index (χ1v) is 7.66. The van der Waals surface area contributed by atoms with E-state index in [1.165, 1.54) is 12.1 Å². The highest BCUT2D eigenvalue weighted by Crippen LogP contribution is 2.18. The Kier molecular flexibility index (Phi) is 5.41. The van der Waals surface area contributed by atoms with Crippen LogP contribution in [0.1, 0.15) is 35.7 Å². The molecule has 0 saturated heterocycles. The molecule has 21 heavy (non-hydrogen) atoms. The van der Waals surface area contributed by atoms with E-state index in [0.29, 0.717) is 0 Å². The summed E-state index contributed by atoms with van der Waals surface area (Å²) in [6.45, 7) is 2.45. The zero-order valence-electron chi connectivity index (χ0n) is 11.5. The van der Waals surface area contributed by atoms with Crippen LogP contribution in [0.25, 0.3) is 0 Å². The van der Waals surface area contributed by atoms with Crippen molar-refractivity contribution in [1.29, 1.82) is 0 Å². The Balaban J connectivity index is 2.65. The Morgan fingerprint density at radius 2 is 1.81 bits per heavy atom. The van der Waals surface area contributed by atoms with Gasteiger partial charge >= 0.3 is 5.97 Å². The van der Waals surface area contributed by atoms with Crippen LogP contribution in [0, 0.1) is 0 Å². The first-order chi connectivity index (χ1) is 9.50. The molecule has 0 saturated carbocycles. The third kappa shape index (κ3) is 6.17. The fourth-order valence-corrected chi connectivity index (χ4v) is 2.16. The minimum Gasteiger partial charge on any atom is -0.748 e. The van der Waals surface area contributed by atoms with Gasteiger partial charge in [0.25, 0.3) is 5.92 Å². The van der Waals surface area contributed by atoms with Gasteiger partial charge in [-0.2, -0.15) is 0 Å². The number of ether oxygens (including phenoxy) is 1. The fourth-order valence-electron chi connectivity index (χ4n) is 1.56. The molecule has 5 nitrogen and oxygen atoms in total. The number of carbonyl (C=O) groups excluding carboxylic acids is 1. The van der Waals surface area contributed by atoms with E-state index >= 15 is 0 Å². The first kappa shape index (κ1) is 17.5. The molecule has 0 atom stereocenters. The van der Waals surface area contributed by atoms with Gasteiger partial charge < -0.3 is 9.29 Å². The molecule has 0 radical (unpaired) electrons. The summed E-state index contributed by atoms with van der Waals surface area (Å²) in [5.74, 6) is -6.57. The number of hydrogen-bond donors (Lipinski definition) is 0. The van der Waals surface area contributed by atoms with Crippen LogP contribution in [0.5, 0.6) is 0 Å². The first-order valence-electron chi connectivity index (χ1n) is 6.09. The molecule has 0 heterocycles. The number of carbonyl (C=O) groups is 1. The van der Waals surface area contributed by atoms with Crippen LogP contribution in [-0.2, 0) is 14.9 Å². The molecule has 0 amide bonds. The van der Waals surface area contributed by atoms with Crippen molar-refractivity contribution < 1.29 is 31.3 Å². The van der Waals surface area contributed by atoms with Crippen LogP contribution >= 0.6 is 0 Å². The van der Waals surface area contributed by atoms with Crippen molar-refractivity contribution in [2.45, 2.75) is 25.7 Å². The average molecular weight is 321 g/mol. The lowest BCUT2D eigenvalue weighted by atomic mass is 10.0.